The Bertz CT molecular complexity index is 489. The highest BCUT2D eigenvalue weighted by Crippen LogP contribution is 2.09. The van der Waals surface area contributed by atoms with Gasteiger partial charge >= 0.3 is 10.8 Å². The summed E-state index contributed by atoms with van der Waals surface area (Å²) < 4.78 is 1.41. The lowest BCUT2D eigenvalue weighted by atomic mass is 10.3. The molecule has 94 valence electrons. The number of carbonyl (C=O) groups excluding carboxylic acids is 1. The molecule has 1 amide bonds. The van der Waals surface area contributed by atoms with Crippen molar-refractivity contribution in [1.29, 1.82) is 0 Å². The van der Waals surface area contributed by atoms with Crippen LogP contribution in [-0.4, -0.2) is 28.1 Å². The number of nitrogens with zero attached hydrogens (tertiary/aromatic N) is 1. The summed E-state index contributed by atoms with van der Waals surface area (Å²) in [7, 11) is 1.61. The number of aliphatic carboxylic acids is 1. The third-order valence-corrected chi connectivity index (χ3v) is 3.49. The summed E-state index contributed by atoms with van der Waals surface area (Å²) in [6.45, 7) is 1.99. The van der Waals surface area contributed by atoms with Crippen LogP contribution < -0.4 is 10.2 Å². The van der Waals surface area contributed by atoms with Gasteiger partial charge in [-0.3, -0.25) is 14.4 Å². The van der Waals surface area contributed by atoms with Gasteiger partial charge in [0.05, 0.1) is 0 Å². The average molecular weight is 258 g/mol. The molecule has 1 heterocycles. The molecule has 0 atom stereocenters. The Morgan fingerprint density at radius 2 is 2.12 bits per heavy atom. The maximum absolute atomic E-state index is 11.7. The Labute approximate surface area is 102 Å². The number of aromatic nitrogens is 1. The number of nitrogens with one attached hydrogen (secondary N) is 1. The molecule has 2 N–H and O–H groups in total. The molecule has 1 aromatic rings. The second-order valence-electron chi connectivity index (χ2n) is 3.59. The van der Waals surface area contributed by atoms with Gasteiger partial charge in [0.25, 0.3) is 5.91 Å². The standard InChI is InChI=1S/C10H14N2O4S/c1-6-8(17-10(16)12(6)2)9(15)11-5-3-4-7(13)14/h3-5H2,1-2H3,(H,11,15)(H,13,14). The van der Waals surface area contributed by atoms with Crippen LogP contribution >= 0.6 is 11.3 Å². The maximum atomic E-state index is 11.7. The summed E-state index contributed by atoms with van der Waals surface area (Å²) in [4.78, 5) is 33.4. The van der Waals surface area contributed by atoms with Gasteiger partial charge in [0, 0.05) is 25.7 Å². The van der Waals surface area contributed by atoms with Gasteiger partial charge < -0.3 is 15.0 Å². The quantitative estimate of drug-likeness (QED) is 0.746. The van der Waals surface area contributed by atoms with Crippen molar-refractivity contribution in [2.45, 2.75) is 19.8 Å². The minimum absolute atomic E-state index is 0.0181. The van der Waals surface area contributed by atoms with Crippen LogP contribution in [0.15, 0.2) is 4.79 Å². The number of thiazole rings is 1. The average Bonchev–Trinajstić information content (AvgIpc) is 2.52. The van der Waals surface area contributed by atoms with Gasteiger partial charge in [-0.1, -0.05) is 11.3 Å². The molecule has 0 aromatic carbocycles. The van der Waals surface area contributed by atoms with Gasteiger partial charge in [0.15, 0.2) is 0 Å². The normalized spacial score (nSPS) is 10.2. The predicted molar refractivity (Wildman–Crippen MR) is 63.5 cm³/mol. The van der Waals surface area contributed by atoms with Crippen LogP contribution in [0.4, 0.5) is 0 Å². The Hall–Kier alpha value is -1.63. The van der Waals surface area contributed by atoms with E-state index in [-0.39, 0.29) is 17.2 Å². The van der Waals surface area contributed by atoms with Gasteiger partial charge in [-0.25, -0.2) is 0 Å². The summed E-state index contributed by atoms with van der Waals surface area (Å²) in [5, 5.41) is 11.0. The van der Waals surface area contributed by atoms with E-state index in [1.54, 1.807) is 14.0 Å². The molecule has 6 nitrogen and oxygen atoms in total. The third kappa shape index (κ3) is 3.42. The number of hydrogen-bond acceptors (Lipinski definition) is 4. The van der Waals surface area contributed by atoms with Crippen LogP contribution in [0.25, 0.3) is 0 Å². The molecule has 0 saturated heterocycles. The molecule has 0 bridgehead atoms. The zero-order valence-corrected chi connectivity index (χ0v) is 10.5. The van der Waals surface area contributed by atoms with Crippen molar-refractivity contribution in [2.24, 2.45) is 7.05 Å². The second-order valence-corrected chi connectivity index (χ2v) is 4.56. The second kappa shape index (κ2) is 5.62. The molecule has 17 heavy (non-hydrogen) atoms. The van der Waals surface area contributed by atoms with Crippen LogP contribution in [0.1, 0.15) is 28.2 Å². The molecule has 1 aromatic heterocycles. The fourth-order valence-electron chi connectivity index (χ4n) is 1.25. The van der Waals surface area contributed by atoms with E-state index in [2.05, 4.69) is 5.32 Å². The van der Waals surface area contributed by atoms with Crippen molar-refractivity contribution < 1.29 is 14.7 Å². The molecule has 0 aliphatic carbocycles. The zero-order chi connectivity index (χ0) is 13.0. The minimum atomic E-state index is -0.889. The predicted octanol–water partition coefficient (Wildman–Crippen LogP) is 0.350. The van der Waals surface area contributed by atoms with E-state index in [9.17, 15) is 14.4 Å². The van der Waals surface area contributed by atoms with Crippen molar-refractivity contribution in [1.82, 2.24) is 9.88 Å². The third-order valence-electron chi connectivity index (χ3n) is 2.35. The topological polar surface area (TPSA) is 88.4 Å². The van der Waals surface area contributed by atoms with Crippen molar-refractivity contribution in [3.63, 3.8) is 0 Å². The van der Waals surface area contributed by atoms with Crippen molar-refractivity contribution in [3.8, 4) is 0 Å². The first kappa shape index (κ1) is 13.4. The lowest BCUT2D eigenvalue weighted by Gasteiger charge is -2.03. The highest BCUT2D eigenvalue weighted by molar-refractivity contribution is 7.11. The smallest absolute Gasteiger partial charge is 0.307 e. The molecule has 0 radical (unpaired) electrons. The highest BCUT2D eigenvalue weighted by Gasteiger charge is 2.15. The first-order valence-corrected chi connectivity index (χ1v) is 5.91. The maximum Gasteiger partial charge on any atom is 0.307 e. The van der Waals surface area contributed by atoms with Crippen LogP contribution in [0.2, 0.25) is 0 Å². The van der Waals surface area contributed by atoms with Crippen LogP contribution in [-0.2, 0) is 11.8 Å². The van der Waals surface area contributed by atoms with E-state index in [1.807, 2.05) is 0 Å². The fourth-order valence-corrected chi connectivity index (χ4v) is 2.15. The Kier molecular flexibility index (Phi) is 4.45. The highest BCUT2D eigenvalue weighted by atomic mass is 32.1. The van der Waals surface area contributed by atoms with Crippen LogP contribution in [0, 0.1) is 6.92 Å². The fraction of sp³-hybridized carbons (Fsp3) is 0.500. The van der Waals surface area contributed by atoms with Gasteiger partial charge in [-0.15, -0.1) is 0 Å². The van der Waals surface area contributed by atoms with E-state index >= 15 is 0 Å². The number of amides is 1. The number of carboxylic acids is 1. The monoisotopic (exact) mass is 258 g/mol. The molecule has 0 aliphatic rings. The number of rotatable bonds is 5. The molecule has 0 spiro atoms. The van der Waals surface area contributed by atoms with Crippen molar-refractivity contribution in [3.05, 3.63) is 20.2 Å². The first-order chi connectivity index (χ1) is 7.93. The largest absolute Gasteiger partial charge is 0.481 e. The molecule has 0 aliphatic heterocycles. The summed E-state index contributed by atoms with van der Waals surface area (Å²) in [5.74, 6) is -1.21. The van der Waals surface area contributed by atoms with Crippen LogP contribution in [0.3, 0.4) is 0 Å². The van der Waals surface area contributed by atoms with Gasteiger partial charge in [0.2, 0.25) is 0 Å². The van der Waals surface area contributed by atoms with Gasteiger partial charge in [0.1, 0.15) is 4.88 Å². The Morgan fingerprint density at radius 3 is 2.59 bits per heavy atom. The van der Waals surface area contributed by atoms with Crippen molar-refractivity contribution in [2.75, 3.05) is 6.54 Å². The molecule has 1 rings (SSSR count). The SMILES string of the molecule is Cc1c(C(=O)NCCCC(=O)O)sc(=O)n1C. The lowest BCUT2D eigenvalue weighted by Crippen LogP contribution is -2.24. The summed E-state index contributed by atoms with van der Waals surface area (Å²) >= 11 is 0.892. The minimum Gasteiger partial charge on any atom is -0.481 e. The van der Waals surface area contributed by atoms with E-state index in [1.165, 1.54) is 4.57 Å². The summed E-state index contributed by atoms with van der Waals surface area (Å²) in [6.07, 6.45) is 0.395. The lowest BCUT2D eigenvalue weighted by molar-refractivity contribution is -0.137. The molecular weight excluding hydrogens is 244 g/mol. The van der Waals surface area contributed by atoms with Crippen molar-refractivity contribution >= 4 is 23.2 Å². The summed E-state index contributed by atoms with van der Waals surface area (Å²) in [5.41, 5.74) is 0.621. The first-order valence-electron chi connectivity index (χ1n) is 5.10. The Balaban J connectivity index is 2.56. The van der Waals surface area contributed by atoms with Crippen LogP contribution in [0.5, 0.6) is 0 Å². The van der Waals surface area contributed by atoms with E-state index < -0.39 is 5.97 Å². The molecule has 7 heteroatoms. The molecular formula is C10H14N2O4S. The van der Waals surface area contributed by atoms with E-state index in [0.717, 1.165) is 11.3 Å². The van der Waals surface area contributed by atoms with Gasteiger partial charge in [-0.2, -0.15) is 0 Å². The zero-order valence-electron chi connectivity index (χ0n) is 9.65. The Morgan fingerprint density at radius 1 is 1.47 bits per heavy atom. The van der Waals surface area contributed by atoms with E-state index in [0.29, 0.717) is 23.5 Å². The molecule has 0 fully saturated rings. The molecule has 0 saturated carbocycles. The number of hydrogen-bond donors (Lipinski definition) is 2. The van der Waals surface area contributed by atoms with Gasteiger partial charge in [-0.05, 0) is 13.3 Å². The molecule has 0 unspecified atom stereocenters. The van der Waals surface area contributed by atoms with E-state index in [4.69, 9.17) is 5.11 Å². The summed E-state index contributed by atoms with van der Waals surface area (Å²) in [6, 6.07) is 0. The number of carboxylic acid groups (broad SMARTS) is 1. The number of carbonyl (C=O) groups is 2.